The van der Waals surface area contributed by atoms with Crippen LogP contribution < -0.4 is 10.6 Å². The summed E-state index contributed by atoms with van der Waals surface area (Å²) in [6, 6.07) is 11.1. The fraction of sp³-hybridized carbons (Fsp3) is 0.417. The first kappa shape index (κ1) is 21.9. The second-order valence-corrected chi connectivity index (χ2v) is 9.43. The average Bonchev–Trinajstić information content (AvgIpc) is 2.64. The second kappa shape index (κ2) is 8.54. The van der Waals surface area contributed by atoms with Gasteiger partial charge in [-0.25, -0.2) is 8.78 Å². The predicted octanol–water partition coefficient (Wildman–Crippen LogP) is 4.71. The molecule has 0 unspecified atom stereocenters. The Hall–Kier alpha value is -2.76. The standard InChI is InChI=1S/C24H28F2N2O2/c1-23(2)12-20(28-22(30)17-7-5-9-19(26)11-17)13-24(3,14-23)15-27-21(29)16-6-4-8-18(25)10-16/h4-11,20H,12-15H2,1-3H3,(H,27,29)(H,28,30)/t20-,24+/m0/s1. The van der Waals surface area contributed by atoms with Gasteiger partial charge in [0.1, 0.15) is 11.6 Å². The molecule has 1 aliphatic carbocycles. The lowest BCUT2D eigenvalue weighted by Crippen LogP contribution is -2.50. The van der Waals surface area contributed by atoms with Gasteiger partial charge < -0.3 is 10.6 Å². The van der Waals surface area contributed by atoms with Crippen molar-refractivity contribution in [3.63, 3.8) is 0 Å². The first-order chi connectivity index (χ1) is 14.1. The number of hydrogen-bond donors (Lipinski definition) is 2. The van der Waals surface area contributed by atoms with Gasteiger partial charge in [0.2, 0.25) is 0 Å². The van der Waals surface area contributed by atoms with Crippen LogP contribution in [-0.4, -0.2) is 24.4 Å². The molecule has 2 atom stereocenters. The molecule has 1 saturated carbocycles. The molecule has 2 aromatic carbocycles. The van der Waals surface area contributed by atoms with E-state index < -0.39 is 11.6 Å². The van der Waals surface area contributed by atoms with E-state index in [4.69, 9.17) is 0 Å². The number of benzene rings is 2. The second-order valence-electron chi connectivity index (χ2n) is 9.43. The van der Waals surface area contributed by atoms with Crippen LogP contribution >= 0.6 is 0 Å². The molecule has 4 nitrogen and oxygen atoms in total. The van der Waals surface area contributed by atoms with Gasteiger partial charge >= 0.3 is 0 Å². The summed E-state index contributed by atoms with van der Waals surface area (Å²) in [6.07, 6.45) is 2.35. The zero-order chi connectivity index (χ0) is 21.9. The molecule has 0 saturated heterocycles. The van der Waals surface area contributed by atoms with Crippen LogP contribution in [0.3, 0.4) is 0 Å². The maximum Gasteiger partial charge on any atom is 0.251 e. The molecule has 0 bridgehead atoms. The lowest BCUT2D eigenvalue weighted by Gasteiger charge is -2.47. The van der Waals surface area contributed by atoms with E-state index >= 15 is 0 Å². The summed E-state index contributed by atoms with van der Waals surface area (Å²) in [5, 5.41) is 5.95. The molecule has 6 heteroatoms. The first-order valence-electron chi connectivity index (χ1n) is 10.2. The minimum Gasteiger partial charge on any atom is -0.351 e. The van der Waals surface area contributed by atoms with Gasteiger partial charge in [-0.1, -0.05) is 32.9 Å². The molecule has 3 rings (SSSR count). The van der Waals surface area contributed by atoms with E-state index in [0.29, 0.717) is 18.5 Å². The Bertz CT molecular complexity index is 944. The summed E-state index contributed by atoms with van der Waals surface area (Å²) >= 11 is 0. The molecular formula is C24H28F2N2O2. The summed E-state index contributed by atoms with van der Waals surface area (Å²) in [6.45, 7) is 6.78. The van der Waals surface area contributed by atoms with Crippen LogP contribution in [0.4, 0.5) is 8.78 Å². The van der Waals surface area contributed by atoms with Crippen LogP contribution in [0.2, 0.25) is 0 Å². The van der Waals surface area contributed by atoms with Crippen molar-refractivity contribution in [2.75, 3.05) is 6.54 Å². The Morgan fingerprint density at radius 1 is 0.933 bits per heavy atom. The highest BCUT2D eigenvalue weighted by molar-refractivity contribution is 5.94. The summed E-state index contributed by atoms with van der Waals surface area (Å²) < 4.78 is 26.8. The molecule has 0 heterocycles. The minimum absolute atomic E-state index is 0.0452. The van der Waals surface area contributed by atoms with Crippen molar-refractivity contribution < 1.29 is 18.4 Å². The van der Waals surface area contributed by atoms with Crippen LogP contribution in [0.15, 0.2) is 48.5 Å². The molecule has 0 aliphatic heterocycles. The van der Waals surface area contributed by atoms with Gasteiger partial charge in [0.05, 0.1) is 0 Å². The SMILES string of the molecule is CC1(C)C[C@H](NC(=O)c2cccc(F)c2)C[C@@](C)(CNC(=O)c2cccc(F)c2)C1. The number of carbonyl (C=O) groups excluding carboxylic acids is 2. The number of rotatable bonds is 5. The molecule has 2 N–H and O–H groups in total. The smallest absolute Gasteiger partial charge is 0.251 e. The van der Waals surface area contributed by atoms with E-state index in [1.165, 1.54) is 36.4 Å². The quantitative estimate of drug-likeness (QED) is 0.745. The molecule has 0 aromatic heterocycles. The van der Waals surface area contributed by atoms with E-state index in [-0.39, 0.29) is 34.2 Å². The molecule has 30 heavy (non-hydrogen) atoms. The fourth-order valence-electron chi connectivity index (χ4n) is 4.79. The average molecular weight is 414 g/mol. The Morgan fingerprint density at radius 2 is 1.50 bits per heavy atom. The van der Waals surface area contributed by atoms with Crippen LogP contribution in [0.25, 0.3) is 0 Å². The molecular weight excluding hydrogens is 386 g/mol. The molecule has 1 aliphatic rings. The molecule has 2 amide bonds. The molecule has 2 aromatic rings. The summed E-state index contributed by atoms with van der Waals surface area (Å²) in [7, 11) is 0. The third kappa shape index (κ3) is 5.65. The zero-order valence-electron chi connectivity index (χ0n) is 17.6. The predicted molar refractivity (Wildman–Crippen MR) is 112 cm³/mol. The van der Waals surface area contributed by atoms with E-state index in [1.54, 1.807) is 12.1 Å². The highest BCUT2D eigenvalue weighted by Crippen LogP contribution is 2.45. The maximum atomic E-state index is 13.4. The van der Waals surface area contributed by atoms with Gasteiger partial charge in [-0.3, -0.25) is 9.59 Å². The van der Waals surface area contributed by atoms with E-state index in [1.807, 2.05) is 0 Å². The monoisotopic (exact) mass is 414 g/mol. The van der Waals surface area contributed by atoms with Crippen LogP contribution in [0, 0.1) is 22.5 Å². The highest BCUT2D eigenvalue weighted by atomic mass is 19.1. The third-order valence-electron chi connectivity index (χ3n) is 5.63. The Labute approximate surface area is 176 Å². The van der Waals surface area contributed by atoms with Crippen molar-refractivity contribution in [2.24, 2.45) is 10.8 Å². The summed E-state index contributed by atoms with van der Waals surface area (Å²) in [5.41, 5.74) is 0.283. The lowest BCUT2D eigenvalue weighted by atomic mass is 9.62. The molecule has 0 spiro atoms. The number of amides is 2. The van der Waals surface area contributed by atoms with Crippen molar-refractivity contribution in [1.29, 1.82) is 0 Å². The number of carbonyl (C=O) groups is 2. The van der Waals surface area contributed by atoms with Gasteiger partial charge in [0.25, 0.3) is 11.8 Å². The zero-order valence-corrected chi connectivity index (χ0v) is 17.6. The summed E-state index contributed by atoms with van der Waals surface area (Å²) in [4.78, 5) is 25.0. The lowest BCUT2D eigenvalue weighted by molar-refractivity contribution is 0.0592. The van der Waals surface area contributed by atoms with Crippen LogP contribution in [0.5, 0.6) is 0 Å². The van der Waals surface area contributed by atoms with Crippen LogP contribution in [0.1, 0.15) is 60.7 Å². The van der Waals surface area contributed by atoms with E-state index in [2.05, 4.69) is 31.4 Å². The van der Waals surface area contributed by atoms with Gasteiger partial charge in [-0.2, -0.15) is 0 Å². The number of nitrogens with one attached hydrogen (secondary N) is 2. The Kier molecular flexibility index (Phi) is 6.25. The minimum atomic E-state index is -0.451. The van der Waals surface area contributed by atoms with Crippen LogP contribution in [-0.2, 0) is 0 Å². The molecule has 160 valence electrons. The first-order valence-corrected chi connectivity index (χ1v) is 10.2. The topological polar surface area (TPSA) is 58.2 Å². The van der Waals surface area contributed by atoms with Gasteiger partial charge in [-0.05, 0) is 66.5 Å². The van der Waals surface area contributed by atoms with Crippen molar-refractivity contribution >= 4 is 11.8 Å². The molecule has 1 fully saturated rings. The van der Waals surface area contributed by atoms with Crippen molar-refractivity contribution in [2.45, 2.75) is 46.1 Å². The fourth-order valence-corrected chi connectivity index (χ4v) is 4.79. The Balaban J connectivity index is 1.67. The van der Waals surface area contributed by atoms with Gasteiger partial charge in [-0.15, -0.1) is 0 Å². The van der Waals surface area contributed by atoms with E-state index in [9.17, 15) is 18.4 Å². The largest absolute Gasteiger partial charge is 0.351 e. The number of hydrogen-bond acceptors (Lipinski definition) is 2. The van der Waals surface area contributed by atoms with Gasteiger partial charge in [0.15, 0.2) is 0 Å². The van der Waals surface area contributed by atoms with Crippen molar-refractivity contribution in [3.8, 4) is 0 Å². The van der Waals surface area contributed by atoms with Crippen molar-refractivity contribution in [1.82, 2.24) is 10.6 Å². The summed E-state index contributed by atoms with van der Waals surface area (Å²) in [5.74, 6) is -1.52. The Morgan fingerprint density at radius 3 is 2.07 bits per heavy atom. The third-order valence-corrected chi connectivity index (χ3v) is 5.63. The van der Waals surface area contributed by atoms with Crippen molar-refractivity contribution in [3.05, 3.63) is 71.3 Å². The molecule has 0 radical (unpaired) electrons. The maximum absolute atomic E-state index is 13.4. The van der Waals surface area contributed by atoms with Gasteiger partial charge in [0, 0.05) is 23.7 Å². The number of halogens is 2. The van der Waals surface area contributed by atoms with E-state index in [0.717, 1.165) is 12.8 Å². The normalized spacial score (nSPS) is 22.9. The highest BCUT2D eigenvalue weighted by Gasteiger charge is 2.42.